The van der Waals surface area contributed by atoms with Gasteiger partial charge in [-0.2, -0.15) is 0 Å². The molecule has 132 valence electrons. The number of halogens is 1. The van der Waals surface area contributed by atoms with Crippen LogP contribution in [0.15, 0.2) is 48.5 Å². The minimum Gasteiger partial charge on any atom is -0.322 e. The van der Waals surface area contributed by atoms with Crippen molar-refractivity contribution in [1.29, 1.82) is 0 Å². The van der Waals surface area contributed by atoms with E-state index in [2.05, 4.69) is 19.1 Å². The second kappa shape index (κ2) is 8.52. The predicted octanol–water partition coefficient (Wildman–Crippen LogP) is 5.45. The first kappa shape index (κ1) is 18.0. The van der Waals surface area contributed by atoms with Crippen LogP contribution in [0.3, 0.4) is 0 Å². The molecular formula is C21H24FNOS. The lowest BCUT2D eigenvalue weighted by Crippen LogP contribution is -2.30. The van der Waals surface area contributed by atoms with E-state index in [0.717, 1.165) is 17.7 Å². The Hall–Kier alpha value is -1.81. The van der Waals surface area contributed by atoms with Gasteiger partial charge < -0.3 is 4.90 Å². The largest absolute Gasteiger partial charge is 0.322 e. The highest BCUT2D eigenvalue weighted by Crippen LogP contribution is 2.38. The molecule has 1 amide bonds. The van der Waals surface area contributed by atoms with Crippen LogP contribution in [0.25, 0.3) is 0 Å². The summed E-state index contributed by atoms with van der Waals surface area (Å²) >= 11 is 1.69. The second-order valence-corrected chi connectivity index (χ2v) is 7.62. The fourth-order valence-corrected chi connectivity index (χ4v) is 4.42. The number of unbranched alkanes of at least 4 members (excludes halogenated alkanes) is 2. The maximum atomic E-state index is 13.5. The van der Waals surface area contributed by atoms with Crippen molar-refractivity contribution in [3.05, 3.63) is 71.0 Å². The van der Waals surface area contributed by atoms with E-state index in [0.29, 0.717) is 12.1 Å². The van der Waals surface area contributed by atoms with Gasteiger partial charge in [0.05, 0.1) is 0 Å². The topological polar surface area (TPSA) is 20.3 Å². The highest BCUT2D eigenvalue weighted by Gasteiger charge is 2.31. The third kappa shape index (κ3) is 4.43. The van der Waals surface area contributed by atoms with Crippen LogP contribution < -0.4 is 0 Å². The van der Waals surface area contributed by atoms with Crippen molar-refractivity contribution in [2.75, 3.05) is 12.3 Å². The van der Waals surface area contributed by atoms with Crippen molar-refractivity contribution in [3.63, 3.8) is 0 Å². The summed E-state index contributed by atoms with van der Waals surface area (Å²) in [5.74, 6) is 0.648. The number of carbonyl (C=O) groups is 1. The number of hydrogen-bond donors (Lipinski definition) is 0. The number of aryl methyl sites for hydroxylation is 1. The smallest absolute Gasteiger partial charge is 0.255 e. The highest BCUT2D eigenvalue weighted by atomic mass is 32.2. The summed E-state index contributed by atoms with van der Waals surface area (Å²) in [5, 5.41) is -0.104. The maximum Gasteiger partial charge on any atom is 0.255 e. The van der Waals surface area contributed by atoms with Crippen LogP contribution in [0.1, 0.15) is 53.0 Å². The van der Waals surface area contributed by atoms with E-state index in [1.807, 2.05) is 23.1 Å². The first-order chi connectivity index (χ1) is 12.2. The number of amides is 1. The molecule has 3 rings (SSSR count). The summed E-state index contributed by atoms with van der Waals surface area (Å²) in [5.41, 5.74) is 2.85. The Morgan fingerprint density at radius 1 is 1.20 bits per heavy atom. The molecule has 0 spiro atoms. The zero-order valence-electron chi connectivity index (χ0n) is 14.6. The Labute approximate surface area is 153 Å². The molecule has 0 saturated carbocycles. The monoisotopic (exact) mass is 357 g/mol. The Morgan fingerprint density at radius 3 is 2.72 bits per heavy atom. The Kier molecular flexibility index (Phi) is 6.14. The van der Waals surface area contributed by atoms with Crippen molar-refractivity contribution < 1.29 is 9.18 Å². The van der Waals surface area contributed by atoms with E-state index in [-0.39, 0.29) is 17.1 Å². The molecule has 1 saturated heterocycles. The third-order valence-electron chi connectivity index (χ3n) is 4.56. The average molecular weight is 357 g/mol. The molecule has 1 unspecified atom stereocenters. The molecule has 1 heterocycles. The van der Waals surface area contributed by atoms with Gasteiger partial charge >= 0.3 is 0 Å². The molecule has 2 aromatic carbocycles. The van der Waals surface area contributed by atoms with Crippen molar-refractivity contribution in [1.82, 2.24) is 4.90 Å². The van der Waals surface area contributed by atoms with Crippen LogP contribution in [-0.4, -0.2) is 23.1 Å². The van der Waals surface area contributed by atoms with Gasteiger partial charge in [0.2, 0.25) is 0 Å². The van der Waals surface area contributed by atoms with Gasteiger partial charge in [-0.3, -0.25) is 4.79 Å². The van der Waals surface area contributed by atoms with Gasteiger partial charge in [-0.25, -0.2) is 4.39 Å². The summed E-state index contributed by atoms with van der Waals surface area (Å²) in [4.78, 5) is 14.8. The highest BCUT2D eigenvalue weighted by molar-refractivity contribution is 7.99. The molecule has 4 heteroatoms. The summed E-state index contributed by atoms with van der Waals surface area (Å²) in [6, 6.07) is 14.5. The van der Waals surface area contributed by atoms with E-state index >= 15 is 0 Å². The zero-order valence-corrected chi connectivity index (χ0v) is 15.4. The number of benzene rings is 2. The molecule has 25 heavy (non-hydrogen) atoms. The lowest BCUT2D eigenvalue weighted by molar-refractivity contribution is 0.0760. The first-order valence-electron chi connectivity index (χ1n) is 8.96. The summed E-state index contributed by atoms with van der Waals surface area (Å²) in [6.07, 6.45) is 4.70. The number of rotatable bonds is 6. The van der Waals surface area contributed by atoms with Crippen LogP contribution in [0.2, 0.25) is 0 Å². The van der Waals surface area contributed by atoms with Crippen molar-refractivity contribution in [2.45, 2.75) is 38.0 Å². The number of thioether (sulfide) groups is 1. The molecule has 0 N–H and O–H groups in total. The summed E-state index contributed by atoms with van der Waals surface area (Å²) in [6.45, 7) is 2.90. The lowest BCUT2D eigenvalue weighted by Gasteiger charge is -2.24. The number of carbonyl (C=O) groups excluding carboxylic acids is 1. The fourth-order valence-electron chi connectivity index (χ4n) is 3.17. The van der Waals surface area contributed by atoms with Gasteiger partial charge in [0.25, 0.3) is 5.91 Å². The van der Waals surface area contributed by atoms with Gasteiger partial charge in [0, 0.05) is 17.9 Å². The second-order valence-electron chi connectivity index (χ2n) is 6.43. The van der Waals surface area contributed by atoms with Crippen LogP contribution in [0.5, 0.6) is 0 Å². The first-order valence-corrected chi connectivity index (χ1v) is 10.0. The van der Waals surface area contributed by atoms with Crippen LogP contribution in [0, 0.1) is 5.82 Å². The maximum absolute atomic E-state index is 13.5. The zero-order chi connectivity index (χ0) is 17.6. The van der Waals surface area contributed by atoms with Crippen LogP contribution >= 0.6 is 11.8 Å². The quantitative estimate of drug-likeness (QED) is 0.641. The summed E-state index contributed by atoms with van der Waals surface area (Å²) in [7, 11) is 0. The van der Waals surface area contributed by atoms with Crippen molar-refractivity contribution >= 4 is 17.7 Å². The SMILES string of the molecule is CCCCCc1ccc(C(=O)N2CCSC2c2cccc(F)c2)cc1. The molecule has 0 radical (unpaired) electrons. The fraction of sp³-hybridized carbons (Fsp3) is 0.381. The molecule has 1 fully saturated rings. The standard InChI is InChI=1S/C21H24FNOS/c1-2-3-4-6-16-9-11-17(12-10-16)20(24)23-13-14-25-21(23)18-7-5-8-19(22)15-18/h5,7-12,15,21H,2-4,6,13-14H2,1H3. The van der Waals surface area contributed by atoms with E-state index in [4.69, 9.17) is 0 Å². The predicted molar refractivity (Wildman–Crippen MR) is 102 cm³/mol. The van der Waals surface area contributed by atoms with Crippen molar-refractivity contribution in [2.24, 2.45) is 0 Å². The minimum absolute atomic E-state index is 0.0272. The van der Waals surface area contributed by atoms with E-state index in [9.17, 15) is 9.18 Å². The molecule has 1 aliphatic heterocycles. The van der Waals surface area contributed by atoms with E-state index in [1.165, 1.54) is 37.0 Å². The lowest BCUT2D eigenvalue weighted by atomic mass is 10.0. The van der Waals surface area contributed by atoms with Gasteiger partial charge in [-0.15, -0.1) is 11.8 Å². The molecule has 2 aromatic rings. The molecule has 1 aliphatic rings. The number of nitrogens with zero attached hydrogens (tertiary/aromatic N) is 1. The Bertz CT molecular complexity index is 716. The van der Waals surface area contributed by atoms with Crippen molar-refractivity contribution in [3.8, 4) is 0 Å². The molecule has 0 bridgehead atoms. The molecule has 2 nitrogen and oxygen atoms in total. The van der Waals surface area contributed by atoms with E-state index < -0.39 is 0 Å². The molecule has 0 aliphatic carbocycles. The van der Waals surface area contributed by atoms with Crippen LogP contribution in [0.4, 0.5) is 4.39 Å². The van der Waals surface area contributed by atoms with E-state index in [1.54, 1.807) is 17.8 Å². The molecule has 0 aromatic heterocycles. The molecular weight excluding hydrogens is 333 g/mol. The molecule has 1 atom stereocenters. The normalized spacial score (nSPS) is 17.0. The Morgan fingerprint density at radius 2 is 2.00 bits per heavy atom. The number of hydrogen-bond acceptors (Lipinski definition) is 2. The Balaban J connectivity index is 1.71. The van der Waals surface area contributed by atoms with Gasteiger partial charge in [-0.1, -0.05) is 44.0 Å². The average Bonchev–Trinajstić information content (AvgIpc) is 3.12. The van der Waals surface area contributed by atoms with Gasteiger partial charge in [0.15, 0.2) is 0 Å². The minimum atomic E-state index is -0.256. The summed E-state index contributed by atoms with van der Waals surface area (Å²) < 4.78 is 13.5. The third-order valence-corrected chi connectivity index (χ3v) is 5.82. The van der Waals surface area contributed by atoms with Crippen LogP contribution in [-0.2, 0) is 6.42 Å². The van der Waals surface area contributed by atoms with Gasteiger partial charge in [0.1, 0.15) is 11.2 Å². The van der Waals surface area contributed by atoms with Gasteiger partial charge in [-0.05, 0) is 48.2 Å².